The van der Waals surface area contributed by atoms with Crippen LogP contribution in [0.15, 0.2) is 0 Å². The molecule has 0 aromatic carbocycles. The second-order valence-corrected chi connectivity index (χ2v) is 22.4. The van der Waals surface area contributed by atoms with Gasteiger partial charge in [-0.05, 0) is 19.3 Å². The van der Waals surface area contributed by atoms with Crippen LogP contribution in [-0.2, 0) is 23.8 Å². The van der Waals surface area contributed by atoms with E-state index in [2.05, 4.69) is 20.8 Å². The molecule has 0 fully saturated rings. The first-order chi connectivity index (χ1) is 34.6. The van der Waals surface area contributed by atoms with Gasteiger partial charge in [0.15, 0.2) is 0 Å². The molecule has 0 N–H and O–H groups in total. The fraction of sp³-hybridized carbons (Fsp3) is 0.969. The summed E-state index contributed by atoms with van der Waals surface area (Å²) < 4.78 is 17.6. The van der Waals surface area contributed by atoms with E-state index >= 15 is 0 Å². The van der Waals surface area contributed by atoms with Crippen LogP contribution >= 0.6 is 0 Å². The van der Waals surface area contributed by atoms with Crippen molar-refractivity contribution in [1.82, 2.24) is 0 Å². The molecular formula is C65H128O5. The lowest BCUT2D eigenvalue weighted by atomic mass is 10.0. The van der Waals surface area contributed by atoms with Crippen LogP contribution in [0, 0.1) is 0 Å². The van der Waals surface area contributed by atoms with Crippen LogP contribution in [0.1, 0.15) is 380 Å². The Bertz CT molecular complexity index is 925. The van der Waals surface area contributed by atoms with Gasteiger partial charge in [0.05, 0.1) is 0 Å². The third-order valence-corrected chi connectivity index (χ3v) is 15.2. The van der Waals surface area contributed by atoms with Crippen molar-refractivity contribution < 1.29 is 23.8 Å². The molecule has 5 heteroatoms. The molecule has 0 atom stereocenters. The van der Waals surface area contributed by atoms with Crippen molar-refractivity contribution in [1.29, 1.82) is 0 Å². The van der Waals surface area contributed by atoms with Gasteiger partial charge in [-0.25, -0.2) is 0 Å². The van der Waals surface area contributed by atoms with Gasteiger partial charge in [0.1, 0.15) is 19.3 Å². The summed E-state index contributed by atoms with van der Waals surface area (Å²) in [5.74, 6) is -0.299. The first-order valence-electron chi connectivity index (χ1n) is 32.6. The molecule has 0 saturated heterocycles. The Labute approximate surface area is 440 Å². The van der Waals surface area contributed by atoms with E-state index in [1.54, 1.807) is 0 Å². The molecule has 0 radical (unpaired) electrons. The monoisotopic (exact) mass is 989 g/mol. The molecule has 0 heterocycles. The smallest absolute Gasteiger partial charge is 0.305 e. The van der Waals surface area contributed by atoms with Crippen molar-refractivity contribution in [2.24, 2.45) is 0 Å². The summed E-state index contributed by atoms with van der Waals surface area (Å²) in [6, 6.07) is 0. The lowest BCUT2D eigenvalue weighted by Crippen LogP contribution is -2.29. The fourth-order valence-electron chi connectivity index (χ4n) is 10.3. The molecule has 5 nitrogen and oxygen atoms in total. The van der Waals surface area contributed by atoms with Crippen LogP contribution in [0.3, 0.4) is 0 Å². The maximum Gasteiger partial charge on any atom is 0.305 e. The number of ether oxygens (including phenoxy) is 3. The topological polar surface area (TPSA) is 61.8 Å². The SMILES string of the molecule is CCCCCCCCCCCCCCCCCCCCCC(=O)OCC(COC(=O)CCCCCCCCCCCCCCCCCCCCC)OCCCCCCCCCCCCCCCCCC. The third-order valence-electron chi connectivity index (χ3n) is 15.2. The molecule has 0 aliphatic heterocycles. The predicted octanol–water partition coefficient (Wildman–Crippen LogP) is 22.4. The average Bonchev–Trinajstić information content (AvgIpc) is 3.36. The summed E-state index contributed by atoms with van der Waals surface area (Å²) in [5.41, 5.74) is 0. The summed E-state index contributed by atoms with van der Waals surface area (Å²) >= 11 is 0. The van der Waals surface area contributed by atoms with Gasteiger partial charge in [0.25, 0.3) is 0 Å². The van der Waals surface area contributed by atoms with E-state index in [1.165, 1.54) is 308 Å². The van der Waals surface area contributed by atoms with Crippen LogP contribution in [0.2, 0.25) is 0 Å². The molecule has 418 valence electrons. The zero-order chi connectivity index (χ0) is 50.6. The van der Waals surface area contributed by atoms with E-state index in [1.807, 2.05) is 0 Å². The maximum absolute atomic E-state index is 12.7. The molecule has 0 aromatic rings. The summed E-state index contributed by atoms with van der Waals surface area (Å²) in [6.45, 7) is 7.84. The third kappa shape index (κ3) is 59.5. The molecule has 0 amide bonds. The normalized spacial score (nSPS) is 11.6. The molecule has 0 aliphatic rings. The summed E-state index contributed by atoms with van der Waals surface area (Å²) in [7, 11) is 0. The fourth-order valence-corrected chi connectivity index (χ4v) is 10.3. The summed E-state index contributed by atoms with van der Waals surface area (Å²) in [6.07, 6.45) is 73.1. The number of rotatable bonds is 62. The van der Waals surface area contributed by atoms with Gasteiger partial charge in [0, 0.05) is 19.4 Å². The Balaban J connectivity index is 4.15. The van der Waals surface area contributed by atoms with Gasteiger partial charge in [-0.3, -0.25) is 9.59 Å². The Hall–Kier alpha value is -1.10. The quantitative estimate of drug-likeness (QED) is 0.0449. The van der Waals surface area contributed by atoms with Crippen molar-refractivity contribution in [2.45, 2.75) is 386 Å². The minimum atomic E-state index is -0.389. The number of hydrogen-bond acceptors (Lipinski definition) is 5. The number of hydrogen-bond donors (Lipinski definition) is 0. The highest BCUT2D eigenvalue weighted by Crippen LogP contribution is 2.19. The average molecular weight is 990 g/mol. The molecule has 0 unspecified atom stereocenters. The lowest BCUT2D eigenvalue weighted by molar-refractivity contribution is -0.155. The van der Waals surface area contributed by atoms with Gasteiger partial charge in [-0.2, -0.15) is 0 Å². The van der Waals surface area contributed by atoms with Gasteiger partial charge >= 0.3 is 11.9 Å². The van der Waals surface area contributed by atoms with Gasteiger partial charge in [-0.1, -0.05) is 348 Å². The highest BCUT2D eigenvalue weighted by atomic mass is 16.6. The van der Waals surface area contributed by atoms with Crippen molar-refractivity contribution in [3.05, 3.63) is 0 Å². The number of carbonyl (C=O) groups is 2. The van der Waals surface area contributed by atoms with Gasteiger partial charge in [0.2, 0.25) is 0 Å². The van der Waals surface area contributed by atoms with Crippen LogP contribution in [0.25, 0.3) is 0 Å². The molecule has 0 rings (SSSR count). The van der Waals surface area contributed by atoms with Crippen LogP contribution in [0.5, 0.6) is 0 Å². The molecule has 0 bridgehead atoms. The highest BCUT2D eigenvalue weighted by Gasteiger charge is 2.16. The van der Waals surface area contributed by atoms with Crippen molar-refractivity contribution in [3.63, 3.8) is 0 Å². The molecule has 0 aromatic heterocycles. The molecule has 0 spiro atoms. The van der Waals surface area contributed by atoms with Crippen LogP contribution in [-0.4, -0.2) is 37.9 Å². The van der Waals surface area contributed by atoms with E-state index < -0.39 is 0 Å². The summed E-state index contributed by atoms with van der Waals surface area (Å²) in [5, 5.41) is 0. The van der Waals surface area contributed by atoms with E-state index in [9.17, 15) is 9.59 Å². The zero-order valence-corrected chi connectivity index (χ0v) is 48.3. The lowest BCUT2D eigenvalue weighted by Gasteiger charge is -2.18. The molecule has 0 saturated carbocycles. The van der Waals surface area contributed by atoms with Gasteiger partial charge < -0.3 is 14.2 Å². The van der Waals surface area contributed by atoms with Crippen molar-refractivity contribution >= 4 is 11.9 Å². The van der Waals surface area contributed by atoms with E-state index in [0.29, 0.717) is 19.4 Å². The minimum absolute atomic E-state index is 0.150. The highest BCUT2D eigenvalue weighted by molar-refractivity contribution is 5.69. The first-order valence-corrected chi connectivity index (χ1v) is 32.6. The Kier molecular flexibility index (Phi) is 61.2. The van der Waals surface area contributed by atoms with Crippen molar-refractivity contribution in [3.8, 4) is 0 Å². The van der Waals surface area contributed by atoms with E-state index in [-0.39, 0.29) is 31.3 Å². The maximum atomic E-state index is 12.7. The molecular weight excluding hydrogens is 861 g/mol. The second kappa shape index (κ2) is 62.2. The van der Waals surface area contributed by atoms with E-state index in [4.69, 9.17) is 14.2 Å². The first kappa shape index (κ1) is 68.9. The molecule has 0 aliphatic carbocycles. The second-order valence-electron chi connectivity index (χ2n) is 22.4. The minimum Gasteiger partial charge on any atom is -0.463 e. The zero-order valence-electron chi connectivity index (χ0n) is 48.3. The number of carbonyl (C=O) groups excluding carboxylic acids is 2. The Morgan fingerprint density at radius 2 is 0.414 bits per heavy atom. The Morgan fingerprint density at radius 3 is 0.614 bits per heavy atom. The predicted molar refractivity (Wildman–Crippen MR) is 307 cm³/mol. The standard InChI is InChI=1S/C65H128O5/c1-4-7-10-13-16-19-22-25-28-31-33-35-37-40-43-46-49-52-55-58-64(66)69-61-63(68-60-57-54-51-48-45-42-39-30-27-24-21-18-15-12-9-6-3)62-70-65(67)59-56-53-50-47-44-41-38-36-34-32-29-26-23-20-17-14-11-8-5-2/h63H,4-62H2,1-3H3. The van der Waals surface area contributed by atoms with Gasteiger partial charge in [-0.15, -0.1) is 0 Å². The van der Waals surface area contributed by atoms with Crippen LogP contribution < -0.4 is 0 Å². The molecule has 70 heavy (non-hydrogen) atoms. The van der Waals surface area contributed by atoms with Crippen LogP contribution in [0.4, 0.5) is 0 Å². The largest absolute Gasteiger partial charge is 0.463 e. The Morgan fingerprint density at radius 1 is 0.243 bits per heavy atom. The number of unbranched alkanes of at least 4 members (excludes halogenated alkanes) is 51. The van der Waals surface area contributed by atoms with Crippen molar-refractivity contribution in [2.75, 3.05) is 19.8 Å². The van der Waals surface area contributed by atoms with E-state index in [0.717, 1.165) is 38.5 Å². The summed E-state index contributed by atoms with van der Waals surface area (Å²) in [4.78, 5) is 25.4. The number of esters is 2.